The number of ether oxygens (including phenoxy) is 2. The number of alkyl carbamates (subject to hydrolysis) is 1. The van der Waals surface area contributed by atoms with Gasteiger partial charge in [0.05, 0.1) is 26.5 Å². The molecular formula is C16H19NO6. The van der Waals surface area contributed by atoms with Crippen LogP contribution in [0.5, 0.6) is 0 Å². The lowest BCUT2D eigenvalue weighted by Gasteiger charge is -2.31. The highest BCUT2D eigenvalue weighted by Crippen LogP contribution is 2.40. The second-order valence-corrected chi connectivity index (χ2v) is 5.23. The molecule has 1 fully saturated rings. The van der Waals surface area contributed by atoms with Crippen molar-refractivity contribution >= 4 is 23.9 Å². The maximum atomic E-state index is 12.4. The van der Waals surface area contributed by atoms with Crippen LogP contribution in [0.25, 0.3) is 6.08 Å². The van der Waals surface area contributed by atoms with Crippen molar-refractivity contribution in [2.24, 2.45) is 5.41 Å². The Balaban J connectivity index is 2.38. The monoisotopic (exact) mass is 321 g/mol. The molecule has 2 rings (SSSR count). The summed E-state index contributed by atoms with van der Waals surface area (Å²) < 4.78 is 14.6. The number of Topliss-reactive ketones (excluding diaryl/α,β-unsaturated/α-hetero) is 1. The average Bonchev–Trinajstić information content (AvgIpc) is 3.20. The molecule has 1 saturated carbocycles. The van der Waals surface area contributed by atoms with Gasteiger partial charge in [0.25, 0.3) is 0 Å². The SMILES string of the molecule is COC(=O)N[C@@H](C=Cc1ccco1)[C@]1(C(=O)OC)CCCC1=O. The maximum absolute atomic E-state index is 12.4. The van der Waals surface area contributed by atoms with Crippen molar-refractivity contribution in [1.29, 1.82) is 0 Å². The van der Waals surface area contributed by atoms with E-state index in [4.69, 9.17) is 9.15 Å². The average molecular weight is 321 g/mol. The Morgan fingerprint density at radius 1 is 1.39 bits per heavy atom. The minimum atomic E-state index is -1.44. The van der Waals surface area contributed by atoms with Gasteiger partial charge in [0, 0.05) is 6.42 Å². The number of hydrogen-bond donors (Lipinski definition) is 1. The van der Waals surface area contributed by atoms with E-state index >= 15 is 0 Å². The highest BCUT2D eigenvalue weighted by Gasteiger charge is 2.55. The fraction of sp³-hybridized carbons (Fsp3) is 0.438. The summed E-state index contributed by atoms with van der Waals surface area (Å²) in [5.74, 6) is -0.382. The molecule has 0 saturated heterocycles. The summed E-state index contributed by atoms with van der Waals surface area (Å²) in [6.07, 6.45) is 5.04. The second kappa shape index (κ2) is 7.13. The van der Waals surface area contributed by atoms with Crippen molar-refractivity contribution < 1.29 is 28.3 Å². The van der Waals surface area contributed by atoms with E-state index in [1.165, 1.54) is 20.5 Å². The molecule has 1 amide bonds. The Hall–Kier alpha value is -2.57. The minimum Gasteiger partial charge on any atom is -0.468 e. The van der Waals surface area contributed by atoms with E-state index in [1.54, 1.807) is 24.3 Å². The molecule has 0 unspecified atom stereocenters. The Morgan fingerprint density at radius 3 is 2.70 bits per heavy atom. The molecule has 1 aliphatic carbocycles. The number of carbonyl (C=O) groups excluding carboxylic acids is 3. The van der Waals surface area contributed by atoms with Crippen LogP contribution in [-0.4, -0.2) is 38.1 Å². The Morgan fingerprint density at radius 2 is 2.17 bits per heavy atom. The zero-order valence-corrected chi connectivity index (χ0v) is 13.0. The zero-order valence-electron chi connectivity index (χ0n) is 13.0. The first-order valence-electron chi connectivity index (χ1n) is 7.22. The summed E-state index contributed by atoms with van der Waals surface area (Å²) >= 11 is 0. The van der Waals surface area contributed by atoms with Gasteiger partial charge in [-0.1, -0.05) is 6.08 Å². The molecule has 0 aliphatic heterocycles. The second-order valence-electron chi connectivity index (χ2n) is 5.23. The van der Waals surface area contributed by atoms with Crippen LogP contribution < -0.4 is 5.32 Å². The molecule has 0 bridgehead atoms. The molecule has 2 atom stereocenters. The first kappa shape index (κ1) is 16.8. The molecule has 1 aliphatic rings. The smallest absolute Gasteiger partial charge is 0.407 e. The third-order valence-corrected chi connectivity index (χ3v) is 4.01. The van der Waals surface area contributed by atoms with Gasteiger partial charge >= 0.3 is 12.1 Å². The summed E-state index contributed by atoms with van der Waals surface area (Å²) in [6.45, 7) is 0. The van der Waals surface area contributed by atoms with E-state index in [9.17, 15) is 14.4 Å². The van der Waals surface area contributed by atoms with Crippen LogP contribution in [-0.2, 0) is 19.1 Å². The van der Waals surface area contributed by atoms with Crippen LogP contribution in [0, 0.1) is 5.41 Å². The minimum absolute atomic E-state index is 0.255. The van der Waals surface area contributed by atoms with Crippen molar-refractivity contribution in [2.75, 3.05) is 14.2 Å². The third kappa shape index (κ3) is 3.28. The fourth-order valence-corrected chi connectivity index (χ4v) is 2.84. The molecule has 1 N–H and O–H groups in total. The summed E-state index contributed by atoms with van der Waals surface area (Å²) in [5, 5.41) is 2.55. The van der Waals surface area contributed by atoms with E-state index in [1.807, 2.05) is 0 Å². The number of esters is 1. The molecule has 1 aromatic heterocycles. The van der Waals surface area contributed by atoms with Gasteiger partial charge in [-0.25, -0.2) is 4.79 Å². The number of carbonyl (C=O) groups is 3. The topological polar surface area (TPSA) is 94.8 Å². The van der Waals surface area contributed by atoms with Gasteiger partial charge in [-0.3, -0.25) is 9.59 Å². The summed E-state index contributed by atoms with van der Waals surface area (Å²) in [4.78, 5) is 36.4. The lowest BCUT2D eigenvalue weighted by atomic mass is 9.77. The summed E-state index contributed by atoms with van der Waals surface area (Å²) in [7, 11) is 2.44. The van der Waals surface area contributed by atoms with Gasteiger partial charge in [0.15, 0.2) is 5.78 Å². The van der Waals surface area contributed by atoms with Crippen molar-refractivity contribution in [3.05, 3.63) is 30.2 Å². The molecule has 1 heterocycles. The molecule has 7 heteroatoms. The third-order valence-electron chi connectivity index (χ3n) is 4.01. The Kier molecular flexibility index (Phi) is 5.20. The van der Waals surface area contributed by atoms with Gasteiger partial charge in [-0.15, -0.1) is 0 Å². The first-order valence-corrected chi connectivity index (χ1v) is 7.22. The number of rotatable bonds is 5. The normalized spacial score (nSPS) is 22.1. The van der Waals surface area contributed by atoms with Crippen molar-refractivity contribution in [3.63, 3.8) is 0 Å². The van der Waals surface area contributed by atoms with Crippen molar-refractivity contribution in [1.82, 2.24) is 5.32 Å². The highest BCUT2D eigenvalue weighted by molar-refractivity contribution is 6.06. The van der Waals surface area contributed by atoms with Crippen molar-refractivity contribution in [3.8, 4) is 0 Å². The molecular weight excluding hydrogens is 302 g/mol. The van der Waals surface area contributed by atoms with Gasteiger partial charge in [0.1, 0.15) is 11.2 Å². The number of nitrogens with one attached hydrogen (secondary N) is 1. The largest absolute Gasteiger partial charge is 0.468 e. The van der Waals surface area contributed by atoms with Gasteiger partial charge in [-0.2, -0.15) is 0 Å². The number of methoxy groups -OCH3 is 2. The van der Waals surface area contributed by atoms with Gasteiger partial charge in [-0.05, 0) is 31.1 Å². The molecule has 1 aromatic rings. The van der Waals surface area contributed by atoms with Crippen LogP contribution in [0.4, 0.5) is 4.79 Å². The van der Waals surface area contributed by atoms with Crippen LogP contribution in [0.15, 0.2) is 28.9 Å². The molecule has 0 spiro atoms. The number of ketones is 1. The fourth-order valence-electron chi connectivity index (χ4n) is 2.84. The van der Waals surface area contributed by atoms with Crippen LogP contribution in [0.3, 0.4) is 0 Å². The van der Waals surface area contributed by atoms with Crippen LogP contribution in [0.2, 0.25) is 0 Å². The van der Waals surface area contributed by atoms with E-state index in [0.29, 0.717) is 18.6 Å². The molecule has 23 heavy (non-hydrogen) atoms. The number of hydrogen-bond acceptors (Lipinski definition) is 6. The Labute approximate surface area is 133 Å². The molecule has 7 nitrogen and oxygen atoms in total. The van der Waals surface area contributed by atoms with Crippen LogP contribution >= 0.6 is 0 Å². The van der Waals surface area contributed by atoms with E-state index < -0.39 is 23.5 Å². The maximum Gasteiger partial charge on any atom is 0.407 e. The molecule has 0 aromatic carbocycles. The Bertz CT molecular complexity index is 606. The molecule has 0 radical (unpaired) electrons. The quantitative estimate of drug-likeness (QED) is 0.658. The summed E-state index contributed by atoms with van der Waals surface area (Å²) in [5.41, 5.74) is -1.44. The predicted octanol–water partition coefficient (Wildman–Crippen LogP) is 1.93. The van der Waals surface area contributed by atoms with Gasteiger partial charge in [0.2, 0.25) is 0 Å². The lowest BCUT2D eigenvalue weighted by molar-refractivity contribution is -0.157. The lowest BCUT2D eigenvalue weighted by Crippen LogP contribution is -2.54. The van der Waals surface area contributed by atoms with E-state index in [-0.39, 0.29) is 12.2 Å². The van der Waals surface area contributed by atoms with Gasteiger partial charge < -0.3 is 19.2 Å². The summed E-state index contributed by atoms with van der Waals surface area (Å²) in [6, 6.07) is 2.54. The number of amides is 1. The van der Waals surface area contributed by atoms with E-state index in [0.717, 1.165) is 0 Å². The zero-order chi connectivity index (χ0) is 16.9. The van der Waals surface area contributed by atoms with E-state index in [2.05, 4.69) is 10.1 Å². The molecule has 124 valence electrons. The van der Waals surface area contributed by atoms with Crippen LogP contribution in [0.1, 0.15) is 25.0 Å². The first-order chi connectivity index (χ1) is 11.0. The highest BCUT2D eigenvalue weighted by atomic mass is 16.5. The standard InChI is InChI=1S/C16H19NO6/c1-21-14(19)16(9-3-6-13(16)18)12(17-15(20)22-2)8-7-11-5-4-10-23-11/h4-5,7-8,10,12H,3,6,9H2,1-2H3,(H,17,20)/t12-,16+/m0/s1. The number of furan rings is 1. The predicted molar refractivity (Wildman–Crippen MR) is 80.4 cm³/mol. The van der Waals surface area contributed by atoms with Crippen molar-refractivity contribution in [2.45, 2.75) is 25.3 Å².